The van der Waals surface area contributed by atoms with Crippen LogP contribution in [0, 0.1) is 12.7 Å². The van der Waals surface area contributed by atoms with Gasteiger partial charge in [0.1, 0.15) is 23.0 Å². The van der Waals surface area contributed by atoms with Gasteiger partial charge in [-0.2, -0.15) is 5.10 Å². The number of rotatable bonds is 7. The Morgan fingerprint density at radius 1 is 1.16 bits per heavy atom. The van der Waals surface area contributed by atoms with Gasteiger partial charge in [-0.1, -0.05) is 29.8 Å². The smallest absolute Gasteiger partial charge is 0.278 e. The van der Waals surface area contributed by atoms with Crippen LogP contribution in [0.1, 0.15) is 42.5 Å². The number of para-hydroxylation sites is 1. The lowest BCUT2D eigenvalue weighted by Crippen LogP contribution is -2.34. The maximum absolute atomic E-state index is 14.9. The summed E-state index contributed by atoms with van der Waals surface area (Å²) in [5.74, 6) is 1.76. The summed E-state index contributed by atoms with van der Waals surface area (Å²) in [5.41, 5.74) is 4.89. The Morgan fingerprint density at radius 3 is 2.78 bits per heavy atom. The lowest BCUT2D eigenvalue weighted by molar-refractivity contribution is -0.0708. The van der Waals surface area contributed by atoms with Gasteiger partial charge in [-0.15, -0.1) is 0 Å². The Hall–Kier alpha value is -4.32. The summed E-state index contributed by atoms with van der Waals surface area (Å²) in [6, 6.07) is 12.4. The molecule has 2 atom stereocenters. The molecule has 0 saturated carbocycles. The largest absolute Gasteiger partial charge is 0.444 e. The van der Waals surface area contributed by atoms with Crippen molar-refractivity contribution in [3.05, 3.63) is 88.4 Å². The van der Waals surface area contributed by atoms with E-state index < -0.39 is 11.6 Å². The summed E-state index contributed by atoms with van der Waals surface area (Å²) < 4.78 is 35.3. The van der Waals surface area contributed by atoms with Crippen LogP contribution in [0.3, 0.4) is 0 Å². The number of aromatic nitrogens is 6. The summed E-state index contributed by atoms with van der Waals surface area (Å²) in [5, 5.41) is 7.50. The van der Waals surface area contributed by atoms with Crippen molar-refractivity contribution in [1.29, 1.82) is 0 Å². The van der Waals surface area contributed by atoms with Crippen molar-refractivity contribution in [3.63, 3.8) is 0 Å². The number of halogens is 2. The third-order valence-electron chi connectivity index (χ3n) is 8.70. The Labute approximate surface area is 263 Å². The maximum Gasteiger partial charge on any atom is 0.278 e. The van der Waals surface area contributed by atoms with Crippen LogP contribution in [-0.2, 0) is 23.6 Å². The average molecular weight is 628 g/mol. The normalized spacial score (nSPS) is 21.2. The van der Waals surface area contributed by atoms with E-state index in [2.05, 4.69) is 30.7 Å². The van der Waals surface area contributed by atoms with Crippen LogP contribution in [-0.4, -0.2) is 60.4 Å². The molecule has 0 spiro atoms. The van der Waals surface area contributed by atoms with Gasteiger partial charge in [-0.05, 0) is 55.7 Å². The summed E-state index contributed by atoms with van der Waals surface area (Å²) in [4.78, 5) is 16.6. The number of benzene rings is 2. The van der Waals surface area contributed by atoms with Crippen molar-refractivity contribution in [2.75, 3.05) is 19.7 Å². The topological polar surface area (TPSA) is 103 Å². The third-order valence-corrected chi connectivity index (χ3v) is 8.94. The number of nitrogens with one attached hydrogen (secondary N) is 1. The fourth-order valence-corrected chi connectivity index (χ4v) is 6.40. The molecule has 3 aromatic heterocycles. The standard InChI is InChI=1S/C33H31ClFN7O3/c1-19-37-31(40-39-19)21-14-27-32(36-16-21)42(17-23-10-13-43-23)29(38-27)18-41-11-8-20(9-12-41)24-4-3-5-28-30(24)45-33(2,44-28)25-7-6-22(34)15-26(25)35/h3-8,14-16,23H,9-13,17-18H2,1-2H3,(H,37,39,40). The SMILES string of the molecule is Cc1nc(-c2cnc3c(c2)nc(CN2CC=C(c4cccc5c4OC(C)(c4ccc(Cl)cc4F)O5)CC2)n3CC2CCO2)n[nH]1. The zero-order chi connectivity index (χ0) is 30.7. The second-order valence-electron chi connectivity index (χ2n) is 11.9. The Kier molecular flexibility index (Phi) is 6.85. The highest BCUT2D eigenvalue weighted by Gasteiger charge is 2.42. The second kappa shape index (κ2) is 10.9. The number of aryl methyl sites for hydroxylation is 1. The van der Waals surface area contributed by atoms with E-state index in [-0.39, 0.29) is 6.10 Å². The maximum atomic E-state index is 14.9. The molecule has 1 N–H and O–H groups in total. The number of hydrogen-bond acceptors (Lipinski definition) is 8. The Balaban J connectivity index is 1.04. The van der Waals surface area contributed by atoms with Crippen LogP contribution in [0.5, 0.6) is 11.5 Å². The van der Waals surface area contributed by atoms with E-state index in [1.807, 2.05) is 31.2 Å². The Bertz CT molecular complexity index is 1970. The fraction of sp³-hybridized carbons (Fsp3) is 0.333. The molecular formula is C33H31ClFN7O3. The van der Waals surface area contributed by atoms with E-state index in [1.54, 1.807) is 25.3 Å². The highest BCUT2D eigenvalue weighted by molar-refractivity contribution is 6.30. The first-order valence-electron chi connectivity index (χ1n) is 15.1. The van der Waals surface area contributed by atoms with E-state index >= 15 is 0 Å². The summed E-state index contributed by atoms with van der Waals surface area (Å²) in [6.07, 6.45) is 6.04. The van der Waals surface area contributed by atoms with Crippen molar-refractivity contribution >= 4 is 28.3 Å². The molecule has 0 amide bonds. The van der Waals surface area contributed by atoms with Gasteiger partial charge in [0.2, 0.25) is 0 Å². The van der Waals surface area contributed by atoms with Crippen LogP contribution in [0.25, 0.3) is 28.1 Å². The van der Waals surface area contributed by atoms with E-state index in [9.17, 15) is 4.39 Å². The molecule has 10 nitrogen and oxygen atoms in total. The van der Waals surface area contributed by atoms with Crippen LogP contribution in [0.15, 0.2) is 54.7 Å². The molecule has 6 heterocycles. The van der Waals surface area contributed by atoms with Crippen molar-refractivity contribution in [1.82, 2.24) is 34.6 Å². The number of ether oxygens (including phenoxy) is 3. The van der Waals surface area contributed by atoms with Gasteiger partial charge < -0.3 is 18.8 Å². The summed E-state index contributed by atoms with van der Waals surface area (Å²) in [6.45, 7) is 7.34. The molecule has 2 unspecified atom stereocenters. The molecule has 3 aliphatic rings. The number of hydrogen-bond donors (Lipinski definition) is 1. The van der Waals surface area contributed by atoms with E-state index in [0.717, 1.165) is 72.1 Å². The summed E-state index contributed by atoms with van der Waals surface area (Å²) >= 11 is 5.99. The lowest BCUT2D eigenvalue weighted by atomic mass is 9.98. The molecular weight excluding hydrogens is 597 g/mol. The first-order chi connectivity index (χ1) is 21.8. The molecule has 45 heavy (non-hydrogen) atoms. The van der Waals surface area contributed by atoms with Crippen molar-refractivity contribution in [3.8, 4) is 22.9 Å². The predicted octanol–water partition coefficient (Wildman–Crippen LogP) is 6.04. The van der Waals surface area contributed by atoms with E-state index in [1.165, 1.54) is 6.07 Å². The fourth-order valence-electron chi connectivity index (χ4n) is 6.24. The molecule has 5 aromatic rings. The second-order valence-corrected chi connectivity index (χ2v) is 12.3. The molecule has 1 fully saturated rings. The molecule has 2 aromatic carbocycles. The van der Waals surface area contributed by atoms with Gasteiger partial charge in [0.25, 0.3) is 5.79 Å². The average Bonchev–Trinajstić information content (AvgIpc) is 3.69. The zero-order valence-corrected chi connectivity index (χ0v) is 25.6. The molecule has 0 radical (unpaired) electrons. The van der Waals surface area contributed by atoms with Crippen molar-refractivity contribution < 1.29 is 18.6 Å². The molecule has 0 aliphatic carbocycles. The van der Waals surface area contributed by atoms with Crippen LogP contribution >= 0.6 is 11.6 Å². The number of nitrogens with zero attached hydrogens (tertiary/aromatic N) is 6. The minimum absolute atomic E-state index is 0.167. The molecule has 12 heteroatoms. The van der Waals surface area contributed by atoms with E-state index in [4.69, 9.17) is 35.8 Å². The first kappa shape index (κ1) is 28.2. The van der Waals surface area contributed by atoms with E-state index in [0.29, 0.717) is 41.0 Å². The molecule has 0 bridgehead atoms. The molecule has 230 valence electrons. The van der Waals surface area contributed by atoms with Gasteiger partial charge in [-0.25, -0.2) is 19.3 Å². The van der Waals surface area contributed by atoms with Crippen LogP contribution in [0.2, 0.25) is 5.02 Å². The highest BCUT2D eigenvalue weighted by Crippen LogP contribution is 2.49. The predicted molar refractivity (Wildman–Crippen MR) is 166 cm³/mol. The quantitative estimate of drug-likeness (QED) is 0.233. The van der Waals surface area contributed by atoms with Gasteiger partial charge in [-0.3, -0.25) is 10.00 Å². The van der Waals surface area contributed by atoms with Crippen LogP contribution < -0.4 is 9.47 Å². The monoisotopic (exact) mass is 627 g/mol. The first-order valence-corrected chi connectivity index (χ1v) is 15.5. The summed E-state index contributed by atoms with van der Waals surface area (Å²) in [7, 11) is 0. The lowest BCUT2D eigenvalue weighted by Gasteiger charge is -2.29. The van der Waals surface area contributed by atoms with Gasteiger partial charge in [0.05, 0.1) is 24.8 Å². The number of aromatic amines is 1. The minimum Gasteiger partial charge on any atom is -0.444 e. The minimum atomic E-state index is -1.29. The van der Waals surface area contributed by atoms with Gasteiger partial charge >= 0.3 is 0 Å². The van der Waals surface area contributed by atoms with Crippen molar-refractivity contribution in [2.24, 2.45) is 0 Å². The zero-order valence-electron chi connectivity index (χ0n) is 24.9. The number of fused-ring (bicyclic) bond motifs is 2. The molecule has 3 aliphatic heterocycles. The third kappa shape index (κ3) is 5.14. The number of H-pyrrole nitrogens is 1. The van der Waals surface area contributed by atoms with Crippen molar-refractivity contribution in [2.45, 2.75) is 51.7 Å². The number of imidazole rings is 1. The van der Waals surface area contributed by atoms with Gasteiger partial charge in [0.15, 0.2) is 23.0 Å². The Morgan fingerprint density at radius 2 is 2.04 bits per heavy atom. The van der Waals surface area contributed by atoms with Crippen LogP contribution in [0.4, 0.5) is 4.39 Å². The number of pyridine rings is 1. The van der Waals surface area contributed by atoms with Gasteiger partial charge in [0, 0.05) is 49.0 Å². The molecule has 8 rings (SSSR count). The highest BCUT2D eigenvalue weighted by atomic mass is 35.5. The molecule has 1 saturated heterocycles.